The summed E-state index contributed by atoms with van der Waals surface area (Å²) in [7, 11) is 0. The first-order valence-electron chi connectivity index (χ1n) is 11.2. The number of rotatable bonds is 6. The van der Waals surface area contributed by atoms with Gasteiger partial charge < -0.3 is 15.5 Å². The Kier molecular flexibility index (Phi) is 6.31. The van der Waals surface area contributed by atoms with Crippen molar-refractivity contribution in [3.05, 3.63) is 53.9 Å². The number of anilines is 3. The van der Waals surface area contributed by atoms with Crippen LogP contribution in [0.5, 0.6) is 0 Å². The Hall–Kier alpha value is -3.49. The van der Waals surface area contributed by atoms with E-state index in [1.54, 1.807) is 18.5 Å². The van der Waals surface area contributed by atoms with E-state index in [2.05, 4.69) is 30.8 Å². The van der Waals surface area contributed by atoms with Gasteiger partial charge in [0, 0.05) is 31.0 Å². The highest BCUT2D eigenvalue weighted by molar-refractivity contribution is 5.91. The molecule has 3 heterocycles. The number of benzene rings is 1. The standard InChI is InChI=1S/C24H30FN7O/c1-16-22(32-14-21(29-30-32)23(33)27-15-24(2,3)4)12-19(13-26-16)28-18-9-17(25)10-20(11-18)31-7-5-6-8-31/h9-14,28H,5-8,15H2,1-4H3,(H,27,33). The monoisotopic (exact) mass is 451 g/mol. The lowest BCUT2D eigenvalue weighted by molar-refractivity contribution is 0.0934. The molecule has 0 unspecified atom stereocenters. The second kappa shape index (κ2) is 9.17. The Morgan fingerprint density at radius 3 is 2.61 bits per heavy atom. The third kappa shape index (κ3) is 5.66. The average Bonchev–Trinajstić information content (AvgIpc) is 3.45. The van der Waals surface area contributed by atoms with Crippen molar-refractivity contribution in [2.45, 2.75) is 40.5 Å². The largest absolute Gasteiger partial charge is 0.371 e. The van der Waals surface area contributed by atoms with E-state index in [1.807, 2.05) is 39.8 Å². The topological polar surface area (TPSA) is 88.0 Å². The van der Waals surface area contributed by atoms with Crippen molar-refractivity contribution in [2.75, 3.05) is 29.9 Å². The summed E-state index contributed by atoms with van der Waals surface area (Å²) < 4.78 is 15.8. The zero-order chi connectivity index (χ0) is 23.6. The fraction of sp³-hybridized carbons (Fsp3) is 0.417. The van der Waals surface area contributed by atoms with E-state index in [1.165, 1.54) is 10.7 Å². The molecule has 0 bridgehead atoms. The Bertz CT molecular complexity index is 1150. The van der Waals surface area contributed by atoms with E-state index >= 15 is 0 Å². The van der Waals surface area contributed by atoms with E-state index in [4.69, 9.17) is 0 Å². The number of pyridine rings is 1. The lowest BCUT2D eigenvalue weighted by Gasteiger charge is -2.19. The van der Waals surface area contributed by atoms with Gasteiger partial charge in [-0.15, -0.1) is 5.10 Å². The first-order chi connectivity index (χ1) is 15.7. The minimum Gasteiger partial charge on any atom is -0.371 e. The molecule has 1 aliphatic heterocycles. The first kappa shape index (κ1) is 22.7. The number of carbonyl (C=O) groups excluding carboxylic acids is 1. The fourth-order valence-corrected chi connectivity index (χ4v) is 3.71. The molecule has 8 nitrogen and oxygen atoms in total. The summed E-state index contributed by atoms with van der Waals surface area (Å²) in [6.45, 7) is 10.4. The van der Waals surface area contributed by atoms with Crippen LogP contribution in [0, 0.1) is 18.2 Å². The van der Waals surface area contributed by atoms with Gasteiger partial charge in [0.1, 0.15) is 5.82 Å². The first-order valence-corrected chi connectivity index (χ1v) is 11.2. The summed E-state index contributed by atoms with van der Waals surface area (Å²) in [5, 5.41) is 14.2. The lowest BCUT2D eigenvalue weighted by atomic mass is 9.97. The van der Waals surface area contributed by atoms with Crippen LogP contribution in [0.3, 0.4) is 0 Å². The number of halogens is 1. The van der Waals surface area contributed by atoms with Gasteiger partial charge in [-0.05, 0) is 49.4 Å². The van der Waals surface area contributed by atoms with Gasteiger partial charge in [-0.25, -0.2) is 9.07 Å². The highest BCUT2D eigenvalue weighted by Crippen LogP contribution is 2.28. The van der Waals surface area contributed by atoms with Gasteiger partial charge in [0.2, 0.25) is 0 Å². The molecule has 174 valence electrons. The van der Waals surface area contributed by atoms with Crippen LogP contribution in [-0.4, -0.2) is 45.5 Å². The van der Waals surface area contributed by atoms with E-state index < -0.39 is 0 Å². The number of hydrogen-bond acceptors (Lipinski definition) is 6. The number of nitrogens with zero attached hydrogens (tertiary/aromatic N) is 5. The highest BCUT2D eigenvalue weighted by atomic mass is 19.1. The van der Waals surface area contributed by atoms with E-state index in [-0.39, 0.29) is 22.8 Å². The smallest absolute Gasteiger partial charge is 0.273 e. The van der Waals surface area contributed by atoms with Gasteiger partial charge in [-0.3, -0.25) is 9.78 Å². The summed E-state index contributed by atoms with van der Waals surface area (Å²) in [4.78, 5) is 19.0. The molecule has 2 aromatic heterocycles. The average molecular weight is 452 g/mol. The molecule has 3 aromatic rings. The Morgan fingerprint density at radius 1 is 1.12 bits per heavy atom. The zero-order valence-corrected chi connectivity index (χ0v) is 19.5. The summed E-state index contributed by atoms with van der Waals surface area (Å²) in [6, 6.07) is 6.83. The van der Waals surface area contributed by atoms with Crippen LogP contribution in [0.25, 0.3) is 5.69 Å². The predicted molar refractivity (Wildman–Crippen MR) is 127 cm³/mol. The molecular formula is C24H30FN7O. The Balaban J connectivity index is 1.53. The molecule has 1 amide bonds. The molecule has 0 spiro atoms. The van der Waals surface area contributed by atoms with Crippen molar-refractivity contribution >= 4 is 23.0 Å². The molecule has 1 fully saturated rings. The summed E-state index contributed by atoms with van der Waals surface area (Å²) in [5.41, 5.74) is 3.81. The fourth-order valence-electron chi connectivity index (χ4n) is 3.71. The normalized spacial score (nSPS) is 13.9. The van der Waals surface area contributed by atoms with Gasteiger partial charge in [0.05, 0.1) is 29.5 Å². The molecule has 1 aliphatic rings. The Morgan fingerprint density at radius 2 is 1.88 bits per heavy atom. The molecule has 9 heteroatoms. The third-order valence-corrected chi connectivity index (χ3v) is 5.45. The third-order valence-electron chi connectivity index (χ3n) is 5.45. The van der Waals surface area contributed by atoms with Gasteiger partial charge in [-0.1, -0.05) is 26.0 Å². The minimum atomic E-state index is -0.288. The molecule has 1 aromatic carbocycles. The molecule has 0 radical (unpaired) electrons. The number of amides is 1. The maximum absolute atomic E-state index is 14.3. The minimum absolute atomic E-state index is 0.0300. The van der Waals surface area contributed by atoms with Gasteiger partial charge >= 0.3 is 0 Å². The number of aryl methyl sites for hydroxylation is 1. The number of nitrogens with one attached hydrogen (secondary N) is 2. The molecule has 0 saturated carbocycles. The summed E-state index contributed by atoms with van der Waals surface area (Å²) >= 11 is 0. The molecule has 0 atom stereocenters. The van der Waals surface area contributed by atoms with Crippen molar-refractivity contribution in [3.8, 4) is 5.69 Å². The molecule has 4 rings (SSSR count). The van der Waals surface area contributed by atoms with Crippen LogP contribution in [-0.2, 0) is 0 Å². The summed E-state index contributed by atoms with van der Waals surface area (Å²) in [5.74, 6) is -0.561. The number of aromatic nitrogens is 4. The van der Waals surface area contributed by atoms with Gasteiger partial charge in [-0.2, -0.15) is 0 Å². The Labute approximate surface area is 193 Å². The van der Waals surface area contributed by atoms with E-state index in [0.29, 0.717) is 23.6 Å². The molecule has 33 heavy (non-hydrogen) atoms. The molecule has 2 N–H and O–H groups in total. The quantitative estimate of drug-likeness (QED) is 0.583. The van der Waals surface area contributed by atoms with Crippen LogP contribution in [0.15, 0.2) is 36.7 Å². The maximum Gasteiger partial charge on any atom is 0.273 e. The van der Waals surface area contributed by atoms with Crippen LogP contribution in [0.1, 0.15) is 49.8 Å². The summed E-state index contributed by atoms with van der Waals surface area (Å²) in [6.07, 6.45) is 5.52. The molecule has 0 aliphatic carbocycles. The van der Waals surface area contributed by atoms with Crippen molar-refractivity contribution in [3.63, 3.8) is 0 Å². The van der Waals surface area contributed by atoms with Crippen molar-refractivity contribution in [2.24, 2.45) is 5.41 Å². The van der Waals surface area contributed by atoms with Crippen molar-refractivity contribution < 1.29 is 9.18 Å². The van der Waals surface area contributed by atoms with Crippen LogP contribution >= 0.6 is 0 Å². The van der Waals surface area contributed by atoms with Crippen LogP contribution in [0.4, 0.5) is 21.5 Å². The van der Waals surface area contributed by atoms with Gasteiger partial charge in [0.25, 0.3) is 5.91 Å². The number of hydrogen-bond donors (Lipinski definition) is 2. The van der Waals surface area contributed by atoms with Crippen LogP contribution < -0.4 is 15.5 Å². The second-order valence-corrected chi connectivity index (χ2v) is 9.64. The second-order valence-electron chi connectivity index (χ2n) is 9.64. The van der Waals surface area contributed by atoms with E-state index in [9.17, 15) is 9.18 Å². The van der Waals surface area contributed by atoms with Gasteiger partial charge in [0.15, 0.2) is 5.69 Å². The molecule has 1 saturated heterocycles. The highest BCUT2D eigenvalue weighted by Gasteiger charge is 2.17. The predicted octanol–water partition coefficient (Wildman–Crippen LogP) is 4.23. The lowest BCUT2D eigenvalue weighted by Crippen LogP contribution is -2.32. The zero-order valence-electron chi connectivity index (χ0n) is 19.5. The van der Waals surface area contributed by atoms with Crippen molar-refractivity contribution in [1.29, 1.82) is 0 Å². The maximum atomic E-state index is 14.3. The van der Waals surface area contributed by atoms with Crippen molar-refractivity contribution in [1.82, 2.24) is 25.3 Å². The number of carbonyl (C=O) groups is 1. The molecular weight excluding hydrogens is 421 g/mol. The van der Waals surface area contributed by atoms with Crippen LogP contribution in [0.2, 0.25) is 0 Å². The SMILES string of the molecule is Cc1ncc(Nc2cc(F)cc(N3CCCC3)c2)cc1-n1cc(C(=O)NCC(C)(C)C)nn1. The van der Waals surface area contributed by atoms with E-state index in [0.717, 1.165) is 37.3 Å².